The van der Waals surface area contributed by atoms with Crippen LogP contribution in [0, 0.1) is 0 Å². The molecule has 0 unspecified atom stereocenters. The second-order valence-electron chi connectivity index (χ2n) is 8.05. The first-order valence-corrected chi connectivity index (χ1v) is 13.9. The van der Waals surface area contributed by atoms with Crippen molar-refractivity contribution in [3.8, 4) is 0 Å². The molecule has 0 heterocycles. The molecule has 0 aromatic heterocycles. The molecule has 2 nitrogen and oxygen atoms in total. The molecule has 0 atom stereocenters. The van der Waals surface area contributed by atoms with Crippen molar-refractivity contribution >= 4 is 26.8 Å². The molecule has 0 aromatic carbocycles. The van der Waals surface area contributed by atoms with E-state index in [1.807, 2.05) is 0 Å². The van der Waals surface area contributed by atoms with Crippen LogP contribution in [0.25, 0.3) is 0 Å². The Kier molecular flexibility index (Phi) is 8.77. The Labute approximate surface area is 127 Å². The highest BCUT2D eigenvalue weighted by atomic mass is 35.6. The predicted octanol–water partition coefficient (Wildman–Crippen LogP) is 5.23. The normalized spacial score (nSPS) is 13.9. The Hall–Kier alpha value is 0.644. The minimum Gasteiger partial charge on any atom is -0.414 e. The van der Waals surface area contributed by atoms with Crippen LogP contribution in [0.5, 0.6) is 0 Å². The van der Waals surface area contributed by atoms with Gasteiger partial charge in [0.25, 0.3) is 0 Å². The molecule has 0 aliphatic carbocycles. The second-order valence-corrected chi connectivity index (χ2v) is 20.1. The lowest BCUT2D eigenvalue weighted by Gasteiger charge is -2.35. The number of aliphatic hydroxyl groups excluding tert-OH is 1. The van der Waals surface area contributed by atoms with Gasteiger partial charge in [-0.2, -0.15) is 11.1 Å². The van der Waals surface area contributed by atoms with Crippen LogP contribution in [0.4, 0.5) is 0 Å². The van der Waals surface area contributed by atoms with Crippen molar-refractivity contribution in [3.63, 3.8) is 0 Å². The fourth-order valence-electron chi connectivity index (χ4n) is 0.517. The van der Waals surface area contributed by atoms with E-state index in [-0.39, 0.29) is 11.6 Å². The van der Waals surface area contributed by atoms with Gasteiger partial charge in [-0.1, -0.05) is 54.6 Å². The zero-order valence-electron chi connectivity index (χ0n) is 14.6. The van der Waals surface area contributed by atoms with E-state index in [9.17, 15) is 0 Å². The highest BCUT2D eigenvalue weighted by molar-refractivity contribution is 7.20. The quantitative estimate of drug-likeness (QED) is 0.568. The summed E-state index contributed by atoms with van der Waals surface area (Å²) in [5, 5.41) is 9.19. The lowest BCUT2D eigenvalue weighted by Crippen LogP contribution is -2.41. The zero-order chi connectivity index (χ0) is 16.1. The van der Waals surface area contributed by atoms with Gasteiger partial charge in [0.1, 0.15) is 0 Å². The molecular weight excluding hydrogens is 292 g/mol. The molecule has 0 fully saturated rings. The second kappa shape index (κ2) is 7.59. The summed E-state index contributed by atoms with van der Waals surface area (Å²) in [6.07, 6.45) is 0. The Morgan fingerprint density at radius 1 is 0.895 bits per heavy atom. The van der Waals surface area contributed by atoms with E-state index in [0.29, 0.717) is 11.6 Å². The van der Waals surface area contributed by atoms with Crippen LogP contribution in [0.3, 0.4) is 0 Å². The molecule has 5 heteroatoms. The molecule has 0 radical (unpaired) electrons. The van der Waals surface area contributed by atoms with Crippen LogP contribution in [0.2, 0.25) is 36.3 Å². The average molecular weight is 327 g/mol. The maximum absolute atomic E-state index is 8.59. The third-order valence-corrected chi connectivity index (χ3v) is 13.9. The molecule has 0 aromatic rings. The summed E-state index contributed by atoms with van der Waals surface area (Å²) in [6, 6.07) is 0. The highest BCUT2D eigenvalue weighted by Gasteiger charge is 2.36. The summed E-state index contributed by atoms with van der Waals surface area (Å²) >= 11 is 6.15. The first-order chi connectivity index (χ1) is 8.06. The monoisotopic (exact) mass is 326 g/mol. The fourth-order valence-corrected chi connectivity index (χ4v) is 1.55. The van der Waals surface area contributed by atoms with E-state index in [1.54, 1.807) is 0 Å². The van der Waals surface area contributed by atoms with Gasteiger partial charge in [-0.15, -0.1) is 0 Å². The molecule has 0 saturated heterocycles. The molecule has 0 aliphatic heterocycles. The Bertz CT molecular complexity index is 236. The van der Waals surface area contributed by atoms with Crippen LogP contribution >= 0.6 is 11.1 Å². The number of rotatable bonds is 3. The van der Waals surface area contributed by atoms with Gasteiger partial charge in [0.05, 0.1) is 13.2 Å². The van der Waals surface area contributed by atoms with Crippen LogP contribution < -0.4 is 0 Å². The van der Waals surface area contributed by atoms with Crippen LogP contribution in [0.1, 0.15) is 41.5 Å². The molecule has 1 N–H and O–H groups in total. The molecule has 0 saturated carbocycles. The molecule has 19 heavy (non-hydrogen) atoms. The molecule has 0 rings (SSSR count). The van der Waals surface area contributed by atoms with Crippen molar-refractivity contribution in [1.82, 2.24) is 0 Å². The number of aliphatic hydroxyl groups is 1. The van der Waals surface area contributed by atoms with Gasteiger partial charge in [-0.05, 0) is 23.2 Å². The molecule has 0 bridgehead atoms. The Morgan fingerprint density at radius 3 is 1.37 bits per heavy atom. The fraction of sp³-hybridized carbons (Fsp3) is 1.00. The third-order valence-electron chi connectivity index (χ3n) is 4.14. The van der Waals surface area contributed by atoms with Gasteiger partial charge in [-0.25, -0.2) is 0 Å². The number of halogens is 1. The highest BCUT2D eigenvalue weighted by Crippen LogP contribution is 2.38. The molecule has 118 valence electrons. The van der Waals surface area contributed by atoms with Crippen molar-refractivity contribution < 1.29 is 9.53 Å². The maximum atomic E-state index is 8.59. The van der Waals surface area contributed by atoms with Gasteiger partial charge >= 0.3 is 0 Å². The van der Waals surface area contributed by atoms with E-state index < -0.39 is 15.7 Å². The lowest BCUT2D eigenvalue weighted by atomic mass is 10.2. The summed E-state index contributed by atoms with van der Waals surface area (Å²) in [6.45, 7) is 22.5. The Balaban J connectivity index is 0. The van der Waals surface area contributed by atoms with Crippen LogP contribution in [-0.2, 0) is 4.43 Å². The maximum Gasteiger partial charge on any atom is 0.192 e. The molecule has 0 aliphatic rings. The average Bonchev–Trinajstić information content (AvgIpc) is 2.10. The summed E-state index contributed by atoms with van der Waals surface area (Å²) in [5.74, 6) is 0. The smallest absolute Gasteiger partial charge is 0.192 e. The van der Waals surface area contributed by atoms with Crippen molar-refractivity contribution in [2.45, 2.75) is 77.8 Å². The van der Waals surface area contributed by atoms with E-state index in [2.05, 4.69) is 67.7 Å². The van der Waals surface area contributed by atoms with Crippen molar-refractivity contribution in [2.24, 2.45) is 0 Å². The van der Waals surface area contributed by atoms with Crippen LogP contribution in [-0.4, -0.2) is 34.0 Å². The number of hydrogen-bond acceptors (Lipinski definition) is 2. The van der Waals surface area contributed by atoms with Crippen molar-refractivity contribution in [2.75, 3.05) is 13.2 Å². The van der Waals surface area contributed by atoms with Crippen molar-refractivity contribution in [1.29, 1.82) is 0 Å². The van der Waals surface area contributed by atoms with E-state index in [0.717, 1.165) is 0 Å². The SMILES string of the molecule is CC(C)(C)[Si](C)(C)Cl.CC(C)(C)[Si](C)(C)OCCO. The standard InChI is InChI=1S/C8H20O2Si.C6H15ClSi/c1-8(2,3)11(4,5)10-7-6-9;1-6(2,3)8(4,5)7/h9H,6-7H2,1-5H3;1-5H3. The van der Waals surface area contributed by atoms with Crippen LogP contribution in [0.15, 0.2) is 0 Å². The minimum absolute atomic E-state index is 0.131. The van der Waals surface area contributed by atoms with E-state index in [1.165, 1.54) is 0 Å². The largest absolute Gasteiger partial charge is 0.414 e. The predicted molar refractivity (Wildman–Crippen MR) is 93.3 cm³/mol. The summed E-state index contributed by atoms with van der Waals surface area (Å²) in [4.78, 5) is 0. The van der Waals surface area contributed by atoms with Gasteiger partial charge in [0, 0.05) is 0 Å². The summed E-state index contributed by atoms with van der Waals surface area (Å²) < 4.78 is 5.63. The van der Waals surface area contributed by atoms with Gasteiger partial charge in [-0.3, -0.25) is 0 Å². The van der Waals surface area contributed by atoms with Gasteiger partial charge in [0.15, 0.2) is 15.7 Å². The Morgan fingerprint density at radius 2 is 1.21 bits per heavy atom. The topological polar surface area (TPSA) is 29.5 Å². The summed E-state index contributed by atoms with van der Waals surface area (Å²) in [7, 11) is -2.97. The van der Waals surface area contributed by atoms with Gasteiger partial charge in [0.2, 0.25) is 0 Å². The summed E-state index contributed by atoms with van der Waals surface area (Å²) in [5.41, 5.74) is 0. The first-order valence-electron chi connectivity index (χ1n) is 7.00. The zero-order valence-corrected chi connectivity index (χ0v) is 17.4. The van der Waals surface area contributed by atoms with Crippen molar-refractivity contribution in [3.05, 3.63) is 0 Å². The molecule has 0 spiro atoms. The number of hydrogen-bond donors (Lipinski definition) is 1. The van der Waals surface area contributed by atoms with E-state index >= 15 is 0 Å². The third kappa shape index (κ3) is 9.24. The van der Waals surface area contributed by atoms with Gasteiger partial charge < -0.3 is 9.53 Å². The first kappa shape index (κ1) is 21.9. The minimum atomic E-state index is -1.59. The molecule has 0 amide bonds. The van der Waals surface area contributed by atoms with E-state index in [4.69, 9.17) is 20.6 Å². The lowest BCUT2D eigenvalue weighted by molar-refractivity contribution is 0.189. The molecular formula is C14H35ClO2Si2.